The van der Waals surface area contributed by atoms with E-state index in [-0.39, 0.29) is 23.8 Å². The number of ether oxygens (including phenoxy) is 2. The van der Waals surface area contributed by atoms with Crippen LogP contribution < -0.4 is 0 Å². The highest BCUT2D eigenvalue weighted by atomic mass is 16.6. The minimum Gasteiger partial charge on any atom is -0.436 e. The van der Waals surface area contributed by atoms with Gasteiger partial charge in [-0.05, 0) is 52.9 Å². The van der Waals surface area contributed by atoms with Gasteiger partial charge in [0.25, 0.3) is 0 Å². The Hall–Kier alpha value is -2.06. The molecular weight excluding hydrogens is 460 g/mol. The van der Waals surface area contributed by atoms with Crippen molar-refractivity contribution in [1.82, 2.24) is 9.80 Å². The smallest absolute Gasteiger partial charge is 0.308 e. The summed E-state index contributed by atoms with van der Waals surface area (Å²) in [5.74, 6) is -0.889. The molecule has 0 amide bonds. The van der Waals surface area contributed by atoms with Crippen LogP contribution >= 0.6 is 0 Å². The molecule has 0 bridgehead atoms. The van der Waals surface area contributed by atoms with Crippen molar-refractivity contribution in [1.29, 1.82) is 0 Å². The molecule has 6 atom stereocenters. The van der Waals surface area contributed by atoms with Crippen LogP contribution in [-0.4, -0.2) is 68.7 Å². The maximum Gasteiger partial charge on any atom is 0.308 e. The van der Waals surface area contributed by atoms with Crippen LogP contribution in [0.15, 0.2) is 24.6 Å². The third kappa shape index (κ3) is 6.08. The summed E-state index contributed by atoms with van der Waals surface area (Å²) >= 11 is 0. The van der Waals surface area contributed by atoms with Gasteiger partial charge in [0.1, 0.15) is 11.2 Å². The van der Waals surface area contributed by atoms with Gasteiger partial charge < -0.3 is 29.5 Å². The zero-order chi connectivity index (χ0) is 27.4. The Kier molecular flexibility index (Phi) is 9.68. The SMILES string of the molecule is CC1C=CN(C)C(C)(OC(=O)CCCCCCCCC(=O)OC2(C)N(C)C=CC(C)C2(C)O)C1(C)O. The molecule has 0 aromatic rings. The van der Waals surface area contributed by atoms with E-state index in [9.17, 15) is 19.8 Å². The third-order valence-electron chi connectivity index (χ3n) is 8.83. The number of unbranched alkanes of at least 4 members (excludes halogenated alkanes) is 5. The van der Waals surface area contributed by atoms with E-state index in [1.807, 2.05) is 38.4 Å². The van der Waals surface area contributed by atoms with E-state index >= 15 is 0 Å². The number of hydrogen-bond donors (Lipinski definition) is 2. The highest BCUT2D eigenvalue weighted by Crippen LogP contribution is 2.40. The van der Waals surface area contributed by atoms with Crippen molar-refractivity contribution in [3.63, 3.8) is 0 Å². The Balaban J connectivity index is 1.64. The molecule has 2 rings (SSSR count). The van der Waals surface area contributed by atoms with Crippen molar-refractivity contribution in [2.75, 3.05) is 14.1 Å². The minimum absolute atomic E-state index is 0.135. The molecule has 2 heterocycles. The topological polar surface area (TPSA) is 99.5 Å². The fourth-order valence-corrected chi connectivity index (χ4v) is 4.88. The Bertz CT molecular complexity index is 770. The monoisotopic (exact) mass is 508 g/mol. The minimum atomic E-state index is -1.19. The van der Waals surface area contributed by atoms with E-state index in [1.54, 1.807) is 51.6 Å². The molecule has 0 radical (unpaired) electrons. The van der Waals surface area contributed by atoms with Crippen LogP contribution in [-0.2, 0) is 19.1 Å². The van der Waals surface area contributed by atoms with Crippen molar-refractivity contribution >= 4 is 11.9 Å². The lowest BCUT2D eigenvalue weighted by Gasteiger charge is -2.51. The molecule has 6 unspecified atom stereocenters. The van der Waals surface area contributed by atoms with Crippen molar-refractivity contribution < 1.29 is 29.3 Å². The van der Waals surface area contributed by atoms with E-state index in [1.165, 1.54) is 0 Å². The zero-order valence-electron chi connectivity index (χ0n) is 23.5. The molecule has 2 N–H and O–H groups in total. The second-order valence-corrected chi connectivity index (χ2v) is 11.3. The molecule has 2 aliphatic rings. The average molecular weight is 509 g/mol. The number of carbonyl (C=O) groups is 2. The van der Waals surface area contributed by atoms with Crippen LogP contribution in [0.4, 0.5) is 0 Å². The third-order valence-corrected chi connectivity index (χ3v) is 8.83. The van der Waals surface area contributed by atoms with Gasteiger partial charge in [-0.15, -0.1) is 0 Å². The number of rotatable bonds is 11. The lowest BCUT2D eigenvalue weighted by atomic mass is 9.78. The molecule has 8 nitrogen and oxygen atoms in total. The van der Waals surface area contributed by atoms with Crippen molar-refractivity contribution in [3.05, 3.63) is 24.6 Å². The highest BCUT2D eigenvalue weighted by molar-refractivity contribution is 5.70. The molecule has 206 valence electrons. The molecule has 0 fully saturated rings. The van der Waals surface area contributed by atoms with Crippen molar-refractivity contribution in [3.8, 4) is 0 Å². The summed E-state index contributed by atoms with van der Waals surface area (Å²) in [4.78, 5) is 28.5. The second kappa shape index (κ2) is 11.5. The first kappa shape index (κ1) is 30.2. The molecular formula is C28H48N2O6. The van der Waals surface area contributed by atoms with E-state index in [0.717, 1.165) is 38.5 Å². The first-order chi connectivity index (χ1) is 16.6. The fourth-order valence-electron chi connectivity index (χ4n) is 4.88. The van der Waals surface area contributed by atoms with E-state index < -0.39 is 22.7 Å². The van der Waals surface area contributed by atoms with Gasteiger partial charge in [0.2, 0.25) is 11.4 Å². The van der Waals surface area contributed by atoms with Gasteiger partial charge >= 0.3 is 11.9 Å². The fraction of sp³-hybridized carbons (Fsp3) is 0.786. The largest absolute Gasteiger partial charge is 0.436 e. The van der Waals surface area contributed by atoms with Gasteiger partial charge in [-0.25, -0.2) is 0 Å². The number of esters is 2. The maximum atomic E-state index is 12.5. The summed E-state index contributed by atoms with van der Waals surface area (Å²) in [6.45, 7) is 10.7. The van der Waals surface area contributed by atoms with Crippen LogP contribution in [0.1, 0.15) is 92.9 Å². The number of likely N-dealkylation sites (N-methyl/N-ethyl adjacent to an activating group) is 2. The quantitative estimate of drug-likeness (QED) is 0.314. The second-order valence-electron chi connectivity index (χ2n) is 11.3. The number of carbonyl (C=O) groups excluding carboxylic acids is 2. The molecule has 0 aromatic heterocycles. The Morgan fingerprint density at radius 3 is 1.33 bits per heavy atom. The van der Waals surface area contributed by atoms with Crippen LogP contribution in [0.5, 0.6) is 0 Å². The van der Waals surface area contributed by atoms with Gasteiger partial charge in [-0.3, -0.25) is 9.59 Å². The Labute approximate surface area is 217 Å². The van der Waals surface area contributed by atoms with Crippen molar-refractivity contribution in [2.24, 2.45) is 11.8 Å². The van der Waals surface area contributed by atoms with Crippen LogP contribution in [0.25, 0.3) is 0 Å². The van der Waals surface area contributed by atoms with E-state index in [2.05, 4.69) is 0 Å². The molecule has 0 spiro atoms. The number of nitrogens with zero attached hydrogens (tertiary/aromatic N) is 2. The lowest BCUT2D eigenvalue weighted by Crippen LogP contribution is -2.65. The molecule has 0 aliphatic carbocycles. The predicted octanol–water partition coefficient (Wildman–Crippen LogP) is 4.32. The van der Waals surface area contributed by atoms with Crippen LogP contribution in [0.3, 0.4) is 0 Å². The summed E-state index contributed by atoms with van der Waals surface area (Å²) < 4.78 is 11.5. The molecule has 2 aliphatic heterocycles. The van der Waals surface area contributed by atoms with Gasteiger partial charge in [0, 0.05) is 38.8 Å². The van der Waals surface area contributed by atoms with E-state index in [4.69, 9.17) is 9.47 Å². The van der Waals surface area contributed by atoms with Gasteiger partial charge in [0.05, 0.1) is 0 Å². The molecule has 0 saturated carbocycles. The number of hydrogen-bond acceptors (Lipinski definition) is 8. The van der Waals surface area contributed by atoms with Crippen LogP contribution in [0, 0.1) is 11.8 Å². The average Bonchev–Trinajstić information content (AvgIpc) is 2.79. The molecule has 8 heteroatoms. The highest BCUT2D eigenvalue weighted by Gasteiger charge is 2.54. The zero-order valence-corrected chi connectivity index (χ0v) is 23.5. The van der Waals surface area contributed by atoms with Crippen LogP contribution in [0.2, 0.25) is 0 Å². The van der Waals surface area contributed by atoms with Gasteiger partial charge in [-0.2, -0.15) is 0 Å². The summed E-state index contributed by atoms with van der Waals surface area (Å²) in [7, 11) is 3.60. The summed E-state index contributed by atoms with van der Waals surface area (Å²) in [5, 5.41) is 21.9. The summed E-state index contributed by atoms with van der Waals surface area (Å²) in [6.07, 6.45) is 13.3. The maximum absolute atomic E-state index is 12.5. The van der Waals surface area contributed by atoms with E-state index in [0.29, 0.717) is 12.8 Å². The lowest BCUT2D eigenvalue weighted by molar-refractivity contribution is -0.239. The summed E-state index contributed by atoms with van der Waals surface area (Å²) in [6, 6.07) is 0. The first-order valence-corrected chi connectivity index (χ1v) is 13.3. The predicted molar refractivity (Wildman–Crippen MR) is 139 cm³/mol. The summed E-state index contributed by atoms with van der Waals surface area (Å²) in [5.41, 5.74) is -4.61. The Morgan fingerprint density at radius 2 is 1.00 bits per heavy atom. The number of aliphatic hydroxyl groups is 2. The molecule has 36 heavy (non-hydrogen) atoms. The normalized spacial score (nSPS) is 36.2. The standard InChI is InChI=1S/C28H48N2O6/c1-21-17-19-29(7)27(5,25(21,3)33)35-23(31)15-13-11-9-10-12-14-16-24(32)36-28(6)26(4,34)22(2)18-20-30(28)8/h17-22,33-34H,9-16H2,1-8H3. The Morgan fingerprint density at radius 1 is 0.694 bits per heavy atom. The van der Waals surface area contributed by atoms with Crippen molar-refractivity contribution in [2.45, 2.75) is 116 Å². The molecule has 0 aromatic carbocycles. The van der Waals surface area contributed by atoms with Gasteiger partial charge in [-0.1, -0.05) is 51.7 Å². The first-order valence-electron chi connectivity index (χ1n) is 13.3. The molecule has 0 saturated heterocycles. The van der Waals surface area contributed by atoms with Gasteiger partial charge in [0.15, 0.2) is 0 Å².